The van der Waals surface area contributed by atoms with Crippen molar-refractivity contribution in [2.24, 2.45) is 0 Å². The lowest BCUT2D eigenvalue weighted by Gasteiger charge is -2.32. The molecule has 0 unspecified atom stereocenters. The minimum Gasteiger partial charge on any atom is -0.302 e. The second-order valence-corrected chi connectivity index (χ2v) is 11.2. The number of unbranched alkanes of at least 4 members (excludes halogenated alkanes) is 2. The Morgan fingerprint density at radius 2 is 1.33 bits per heavy atom. The van der Waals surface area contributed by atoms with E-state index in [0.29, 0.717) is 0 Å². The van der Waals surface area contributed by atoms with Crippen LogP contribution in [0.1, 0.15) is 115 Å². The fourth-order valence-corrected chi connectivity index (χ4v) is 7.33. The van der Waals surface area contributed by atoms with Gasteiger partial charge in [-0.3, -0.25) is 4.57 Å². The molecule has 0 heterocycles. The van der Waals surface area contributed by atoms with E-state index in [1.54, 1.807) is 0 Å². The summed E-state index contributed by atoms with van der Waals surface area (Å²) in [6.07, 6.45) is 18.0. The Balaban J connectivity index is 1.94. The number of hydrogen-bond donors (Lipinski definition) is 0. The maximum absolute atomic E-state index is 14.5. The minimum atomic E-state index is -3.35. The largest absolute Gasteiger partial charge is 0.362 e. The van der Waals surface area contributed by atoms with Gasteiger partial charge in [0.1, 0.15) is 0 Å². The summed E-state index contributed by atoms with van der Waals surface area (Å²) in [6.45, 7) is 4.46. The smallest absolute Gasteiger partial charge is 0.302 e. The number of aryl methyl sites for hydroxylation is 1. The molecule has 0 spiro atoms. The van der Waals surface area contributed by atoms with E-state index in [4.69, 9.17) is 9.05 Å². The quantitative estimate of drug-likeness (QED) is 0.332. The zero-order chi connectivity index (χ0) is 21.2. The maximum Gasteiger partial charge on any atom is 0.362 e. The van der Waals surface area contributed by atoms with Gasteiger partial charge in [0, 0.05) is 0 Å². The molecule has 1 aromatic rings. The first-order chi connectivity index (χ1) is 14.7. The highest BCUT2D eigenvalue weighted by Crippen LogP contribution is 2.53. The van der Waals surface area contributed by atoms with Gasteiger partial charge >= 0.3 is 7.60 Å². The summed E-state index contributed by atoms with van der Waals surface area (Å²) in [6, 6.07) is 6.36. The second-order valence-electron chi connectivity index (χ2n) is 9.35. The minimum absolute atomic E-state index is 0.0755. The van der Waals surface area contributed by atoms with Gasteiger partial charge in [0.15, 0.2) is 0 Å². The Hall–Kier alpha value is -0.630. The van der Waals surface area contributed by atoms with Crippen molar-refractivity contribution in [3.8, 4) is 0 Å². The summed E-state index contributed by atoms with van der Waals surface area (Å²) in [7, 11) is -3.35. The van der Waals surface area contributed by atoms with Crippen molar-refractivity contribution in [2.75, 3.05) is 0 Å². The molecule has 0 saturated heterocycles. The summed E-state index contributed by atoms with van der Waals surface area (Å²) in [5.74, 6) is 0. The Kier molecular flexibility index (Phi) is 9.94. The molecule has 2 aliphatic rings. The van der Waals surface area contributed by atoms with Crippen LogP contribution in [-0.2, 0) is 26.5 Å². The molecule has 0 radical (unpaired) electrons. The van der Waals surface area contributed by atoms with Crippen molar-refractivity contribution >= 4 is 12.9 Å². The van der Waals surface area contributed by atoms with E-state index in [1.165, 1.54) is 62.5 Å². The standard InChI is InChI=1S/C26H43O3P/c1-3-5-14-22-15-13-21-26(25(22)20-6-4-2)30(27,28-23-16-9-7-10-17-23)29-24-18-11-8-12-19-24/h13,15,21,23-24H,3-12,14,16-20H2,1-2H3. The Morgan fingerprint density at radius 3 is 1.87 bits per heavy atom. The van der Waals surface area contributed by atoms with Crippen LogP contribution < -0.4 is 5.30 Å². The van der Waals surface area contributed by atoms with Gasteiger partial charge in [-0.25, -0.2) is 0 Å². The van der Waals surface area contributed by atoms with E-state index in [-0.39, 0.29) is 12.2 Å². The Labute approximate surface area is 184 Å². The van der Waals surface area contributed by atoms with E-state index in [2.05, 4.69) is 26.0 Å². The van der Waals surface area contributed by atoms with Crippen LogP contribution in [-0.4, -0.2) is 12.2 Å². The van der Waals surface area contributed by atoms with Crippen LogP contribution in [0.25, 0.3) is 0 Å². The van der Waals surface area contributed by atoms with Gasteiger partial charge in [-0.1, -0.05) is 77.3 Å². The predicted octanol–water partition coefficient (Wildman–Crippen LogP) is 7.89. The van der Waals surface area contributed by atoms with E-state index >= 15 is 0 Å². The Bertz CT molecular complexity index is 651. The van der Waals surface area contributed by atoms with Crippen LogP contribution >= 0.6 is 7.60 Å². The molecule has 0 atom stereocenters. The molecule has 2 saturated carbocycles. The SMILES string of the molecule is CCCCc1cccc(P(=O)(OC2CCCCC2)OC2CCCCC2)c1CCCC. The fraction of sp³-hybridized carbons (Fsp3) is 0.769. The van der Waals surface area contributed by atoms with Crippen molar-refractivity contribution in [2.45, 2.75) is 129 Å². The van der Waals surface area contributed by atoms with Gasteiger partial charge in [-0.15, -0.1) is 0 Å². The summed E-state index contributed by atoms with van der Waals surface area (Å²) in [4.78, 5) is 0. The third-order valence-corrected chi connectivity index (χ3v) is 8.96. The third-order valence-electron chi connectivity index (χ3n) is 6.80. The van der Waals surface area contributed by atoms with Crippen LogP contribution in [0, 0.1) is 0 Å². The molecule has 0 N–H and O–H groups in total. The highest BCUT2D eigenvalue weighted by atomic mass is 31.2. The van der Waals surface area contributed by atoms with Crippen molar-refractivity contribution < 1.29 is 13.6 Å². The van der Waals surface area contributed by atoms with Gasteiger partial charge in [0.2, 0.25) is 0 Å². The first-order valence-corrected chi connectivity index (χ1v) is 14.3. The third kappa shape index (κ3) is 6.68. The van der Waals surface area contributed by atoms with E-state index in [9.17, 15) is 4.57 Å². The van der Waals surface area contributed by atoms with Gasteiger partial charge in [0.05, 0.1) is 17.5 Å². The molecule has 1 aromatic carbocycles. The summed E-state index contributed by atoms with van der Waals surface area (Å²) >= 11 is 0. The van der Waals surface area contributed by atoms with E-state index < -0.39 is 7.60 Å². The predicted molar refractivity (Wildman–Crippen MR) is 127 cm³/mol. The van der Waals surface area contributed by atoms with Crippen molar-refractivity contribution in [3.05, 3.63) is 29.3 Å². The van der Waals surface area contributed by atoms with Crippen LogP contribution in [0.2, 0.25) is 0 Å². The van der Waals surface area contributed by atoms with Crippen LogP contribution in [0.15, 0.2) is 18.2 Å². The molecule has 0 aliphatic heterocycles. The molecule has 2 fully saturated rings. The number of hydrogen-bond acceptors (Lipinski definition) is 3. The van der Waals surface area contributed by atoms with E-state index in [1.807, 2.05) is 6.07 Å². The molecular formula is C26H43O3P. The molecule has 0 bridgehead atoms. The molecule has 30 heavy (non-hydrogen) atoms. The van der Waals surface area contributed by atoms with Crippen LogP contribution in [0.3, 0.4) is 0 Å². The second kappa shape index (κ2) is 12.4. The number of benzene rings is 1. The monoisotopic (exact) mass is 434 g/mol. The van der Waals surface area contributed by atoms with Gasteiger partial charge in [-0.05, 0) is 68.6 Å². The normalized spacial score (nSPS) is 19.3. The van der Waals surface area contributed by atoms with Gasteiger partial charge in [-0.2, -0.15) is 0 Å². The molecule has 0 amide bonds. The fourth-order valence-electron chi connectivity index (χ4n) is 4.99. The highest BCUT2D eigenvalue weighted by Gasteiger charge is 2.37. The zero-order valence-corrected chi connectivity index (χ0v) is 20.3. The van der Waals surface area contributed by atoms with Gasteiger partial charge in [0.25, 0.3) is 0 Å². The van der Waals surface area contributed by atoms with Crippen molar-refractivity contribution in [1.82, 2.24) is 0 Å². The average molecular weight is 435 g/mol. The molecule has 170 valence electrons. The molecular weight excluding hydrogens is 391 g/mol. The van der Waals surface area contributed by atoms with Crippen molar-refractivity contribution in [3.63, 3.8) is 0 Å². The topological polar surface area (TPSA) is 35.5 Å². The zero-order valence-electron chi connectivity index (χ0n) is 19.4. The van der Waals surface area contributed by atoms with E-state index in [0.717, 1.165) is 56.7 Å². The number of rotatable bonds is 11. The molecule has 4 heteroatoms. The first-order valence-electron chi connectivity index (χ1n) is 12.7. The van der Waals surface area contributed by atoms with Crippen LogP contribution in [0.5, 0.6) is 0 Å². The van der Waals surface area contributed by atoms with Gasteiger partial charge < -0.3 is 9.05 Å². The maximum atomic E-state index is 14.5. The molecule has 3 nitrogen and oxygen atoms in total. The summed E-state index contributed by atoms with van der Waals surface area (Å²) in [5, 5.41) is 0.876. The lowest BCUT2D eigenvalue weighted by atomic mass is 9.98. The molecule has 3 rings (SSSR count). The lowest BCUT2D eigenvalue weighted by molar-refractivity contribution is 0.0845. The molecule has 2 aliphatic carbocycles. The van der Waals surface area contributed by atoms with Crippen LogP contribution in [0.4, 0.5) is 0 Å². The van der Waals surface area contributed by atoms with Crippen molar-refractivity contribution in [1.29, 1.82) is 0 Å². The first kappa shape index (κ1) is 24.0. The lowest BCUT2D eigenvalue weighted by Crippen LogP contribution is -2.26. The molecule has 0 aromatic heterocycles. The Morgan fingerprint density at radius 1 is 0.800 bits per heavy atom. The summed E-state index contributed by atoms with van der Waals surface area (Å²) < 4.78 is 27.5. The average Bonchev–Trinajstić information content (AvgIpc) is 2.77. The summed E-state index contributed by atoms with van der Waals surface area (Å²) in [5.41, 5.74) is 2.60. The highest BCUT2D eigenvalue weighted by molar-refractivity contribution is 7.62.